The number of nitrogens with two attached hydrogens (primary N) is 1. The SMILES string of the molecule is CCn1ncc(-c2cc(C(F)F)nc3sc(C(N)=O)c(NC(=O)c4ccn(COc5cc(C)ccc5C)n4)c23)c1C. The predicted molar refractivity (Wildman–Crippen MR) is 151 cm³/mol. The molecular formula is C28H27F2N7O3S. The Hall–Kier alpha value is -4.65. The van der Waals surface area contributed by atoms with Crippen LogP contribution in [0.3, 0.4) is 0 Å². The van der Waals surface area contributed by atoms with Crippen LogP contribution in [-0.2, 0) is 13.3 Å². The molecule has 13 heteroatoms. The molecular weight excluding hydrogens is 552 g/mol. The van der Waals surface area contributed by atoms with E-state index in [2.05, 4.69) is 20.5 Å². The van der Waals surface area contributed by atoms with Gasteiger partial charge in [-0.05, 0) is 62.6 Å². The number of fused-ring (bicyclic) bond motifs is 1. The van der Waals surface area contributed by atoms with E-state index < -0.39 is 23.9 Å². The highest BCUT2D eigenvalue weighted by Gasteiger charge is 2.27. The zero-order valence-corrected chi connectivity index (χ0v) is 23.6. The van der Waals surface area contributed by atoms with Crippen LogP contribution < -0.4 is 15.8 Å². The van der Waals surface area contributed by atoms with Crippen LogP contribution in [0.4, 0.5) is 14.5 Å². The van der Waals surface area contributed by atoms with Crippen molar-refractivity contribution >= 4 is 39.1 Å². The highest BCUT2D eigenvalue weighted by Crippen LogP contribution is 2.43. The third-order valence-corrected chi connectivity index (χ3v) is 7.73. The van der Waals surface area contributed by atoms with E-state index in [9.17, 15) is 18.4 Å². The van der Waals surface area contributed by atoms with Crippen molar-refractivity contribution in [2.24, 2.45) is 5.73 Å². The molecule has 41 heavy (non-hydrogen) atoms. The minimum Gasteiger partial charge on any atom is -0.471 e. The molecule has 0 aliphatic heterocycles. The number of aryl methyl sites for hydroxylation is 3. The largest absolute Gasteiger partial charge is 0.471 e. The average molecular weight is 580 g/mol. The first-order valence-corrected chi connectivity index (χ1v) is 13.5. The lowest BCUT2D eigenvalue weighted by molar-refractivity contribution is 0.100. The standard InChI is InChI=1S/C28H27F2N7O3S/c1-5-37-16(4)18(12-32-37)17-11-20(25(29)30)33-28-22(17)23(24(41-28)26(31)38)34-27(39)19-8-9-36(35-19)13-40-21-10-14(2)6-7-15(21)3/h6-12,25H,5,13H2,1-4H3,(H2,31,38)(H,34,39). The maximum absolute atomic E-state index is 13.8. The van der Waals surface area contributed by atoms with E-state index in [-0.39, 0.29) is 27.8 Å². The Kier molecular flexibility index (Phi) is 7.54. The Morgan fingerprint density at radius 2 is 1.93 bits per heavy atom. The number of hydrogen-bond acceptors (Lipinski definition) is 7. The van der Waals surface area contributed by atoms with Gasteiger partial charge in [0.25, 0.3) is 18.2 Å². The molecule has 0 aliphatic rings. The molecule has 4 heterocycles. The first-order valence-electron chi connectivity index (χ1n) is 12.7. The van der Waals surface area contributed by atoms with Crippen LogP contribution in [0.1, 0.15) is 56.0 Å². The third-order valence-electron chi connectivity index (χ3n) is 6.63. The fourth-order valence-corrected chi connectivity index (χ4v) is 5.51. The molecule has 0 fully saturated rings. The molecule has 10 nitrogen and oxygen atoms in total. The number of carbonyl (C=O) groups excluding carboxylic acids is 2. The minimum atomic E-state index is -2.85. The maximum atomic E-state index is 13.8. The maximum Gasteiger partial charge on any atom is 0.280 e. The van der Waals surface area contributed by atoms with E-state index in [4.69, 9.17) is 10.5 Å². The highest BCUT2D eigenvalue weighted by molar-refractivity contribution is 7.21. The summed E-state index contributed by atoms with van der Waals surface area (Å²) in [6.45, 7) is 8.24. The molecule has 0 saturated carbocycles. The van der Waals surface area contributed by atoms with Gasteiger partial charge in [-0.2, -0.15) is 10.2 Å². The second-order valence-corrected chi connectivity index (χ2v) is 10.4. The number of rotatable bonds is 9. The number of benzene rings is 1. The van der Waals surface area contributed by atoms with Crippen LogP contribution >= 0.6 is 11.3 Å². The van der Waals surface area contributed by atoms with Crippen molar-refractivity contribution in [1.82, 2.24) is 24.5 Å². The lowest BCUT2D eigenvalue weighted by Crippen LogP contribution is -2.18. The van der Waals surface area contributed by atoms with E-state index in [1.54, 1.807) is 17.1 Å². The van der Waals surface area contributed by atoms with E-state index in [1.165, 1.54) is 16.8 Å². The van der Waals surface area contributed by atoms with Crippen molar-refractivity contribution in [3.8, 4) is 16.9 Å². The first-order chi connectivity index (χ1) is 19.6. The first kappa shape index (κ1) is 27.9. The number of carbonyl (C=O) groups is 2. The van der Waals surface area contributed by atoms with Gasteiger partial charge in [0.2, 0.25) is 0 Å². The van der Waals surface area contributed by atoms with E-state index in [1.807, 2.05) is 45.9 Å². The third kappa shape index (κ3) is 5.40. The van der Waals surface area contributed by atoms with Crippen LogP contribution in [0.5, 0.6) is 5.75 Å². The molecule has 1 aromatic carbocycles. The fourth-order valence-electron chi connectivity index (χ4n) is 4.49. The number of nitrogens with zero attached hydrogens (tertiary/aromatic N) is 5. The van der Waals surface area contributed by atoms with Crippen molar-refractivity contribution in [3.05, 3.63) is 75.8 Å². The number of ether oxygens (including phenoxy) is 1. The summed E-state index contributed by atoms with van der Waals surface area (Å²) in [5.74, 6) is -0.754. The van der Waals surface area contributed by atoms with Gasteiger partial charge >= 0.3 is 0 Å². The number of anilines is 1. The highest BCUT2D eigenvalue weighted by atomic mass is 32.1. The molecule has 2 amide bonds. The Labute approximate surface area is 237 Å². The van der Waals surface area contributed by atoms with Gasteiger partial charge in [0.15, 0.2) is 12.4 Å². The number of nitrogens with one attached hydrogen (secondary N) is 1. The molecule has 0 radical (unpaired) electrons. The van der Waals surface area contributed by atoms with E-state index in [0.29, 0.717) is 28.8 Å². The number of amides is 2. The van der Waals surface area contributed by atoms with E-state index >= 15 is 0 Å². The summed E-state index contributed by atoms with van der Waals surface area (Å²) in [5, 5.41) is 11.7. The second-order valence-electron chi connectivity index (χ2n) is 9.44. The van der Waals surface area contributed by atoms with Crippen LogP contribution in [0.15, 0.2) is 42.7 Å². The number of alkyl halides is 2. The Bertz CT molecular complexity index is 1790. The van der Waals surface area contributed by atoms with Gasteiger partial charge in [-0.25, -0.2) is 18.4 Å². The Balaban J connectivity index is 1.52. The van der Waals surface area contributed by atoms with Gasteiger partial charge in [0.1, 0.15) is 21.2 Å². The van der Waals surface area contributed by atoms with Gasteiger partial charge in [0.05, 0.1) is 11.9 Å². The molecule has 3 N–H and O–H groups in total. The second kappa shape index (κ2) is 11.1. The molecule has 5 rings (SSSR count). The summed E-state index contributed by atoms with van der Waals surface area (Å²) in [6.07, 6.45) is 0.297. The van der Waals surface area contributed by atoms with Gasteiger partial charge in [0, 0.05) is 29.4 Å². The molecule has 0 bridgehead atoms. The molecule has 0 aliphatic carbocycles. The van der Waals surface area contributed by atoms with Crippen LogP contribution in [0, 0.1) is 20.8 Å². The summed E-state index contributed by atoms with van der Waals surface area (Å²) in [5.41, 5.74) is 8.98. The average Bonchev–Trinajstić information content (AvgIpc) is 3.66. The normalized spacial score (nSPS) is 11.4. The van der Waals surface area contributed by atoms with Gasteiger partial charge < -0.3 is 15.8 Å². The van der Waals surface area contributed by atoms with E-state index in [0.717, 1.165) is 28.2 Å². The molecule has 4 aromatic heterocycles. The van der Waals surface area contributed by atoms with Gasteiger partial charge in [-0.15, -0.1) is 11.3 Å². The minimum absolute atomic E-state index is 0.0215. The molecule has 0 saturated heterocycles. The zero-order chi connectivity index (χ0) is 29.4. The molecule has 212 valence electrons. The monoisotopic (exact) mass is 579 g/mol. The van der Waals surface area contributed by atoms with Gasteiger partial charge in [-0.3, -0.25) is 14.3 Å². The Morgan fingerprint density at radius 3 is 2.61 bits per heavy atom. The van der Waals surface area contributed by atoms with Crippen molar-refractivity contribution in [2.75, 3.05) is 5.32 Å². The lowest BCUT2D eigenvalue weighted by Gasteiger charge is -2.11. The quantitative estimate of drug-likeness (QED) is 0.233. The smallest absolute Gasteiger partial charge is 0.280 e. The van der Waals surface area contributed by atoms with Crippen molar-refractivity contribution in [2.45, 2.75) is 47.4 Å². The van der Waals surface area contributed by atoms with Crippen LogP contribution in [0.2, 0.25) is 0 Å². The number of aromatic nitrogens is 5. The lowest BCUT2D eigenvalue weighted by atomic mass is 10.0. The number of halogens is 2. The molecule has 0 atom stereocenters. The number of primary amides is 1. The fraction of sp³-hybridized carbons (Fsp3) is 0.250. The van der Waals surface area contributed by atoms with Crippen LogP contribution in [-0.4, -0.2) is 36.4 Å². The summed E-state index contributed by atoms with van der Waals surface area (Å²) >= 11 is 0.835. The molecule has 5 aromatic rings. The van der Waals surface area contributed by atoms with Crippen LogP contribution in [0.25, 0.3) is 21.3 Å². The van der Waals surface area contributed by atoms with Crippen molar-refractivity contribution < 1.29 is 23.1 Å². The zero-order valence-electron chi connectivity index (χ0n) is 22.7. The number of hydrogen-bond donors (Lipinski definition) is 2. The number of thiophene rings is 1. The predicted octanol–water partition coefficient (Wildman–Crippen LogP) is 5.63. The van der Waals surface area contributed by atoms with Crippen molar-refractivity contribution in [1.29, 1.82) is 0 Å². The topological polar surface area (TPSA) is 130 Å². The summed E-state index contributed by atoms with van der Waals surface area (Å²) < 4.78 is 36.7. The van der Waals surface area contributed by atoms with Crippen molar-refractivity contribution in [3.63, 3.8) is 0 Å². The molecule has 0 unspecified atom stereocenters. The van der Waals surface area contributed by atoms with Gasteiger partial charge in [-0.1, -0.05) is 12.1 Å². The summed E-state index contributed by atoms with van der Waals surface area (Å²) in [7, 11) is 0. The summed E-state index contributed by atoms with van der Waals surface area (Å²) in [6, 6.07) is 8.61. The molecule has 0 spiro atoms. The Morgan fingerprint density at radius 1 is 1.15 bits per heavy atom. The summed E-state index contributed by atoms with van der Waals surface area (Å²) in [4.78, 5) is 29.9. The number of pyridine rings is 1.